The van der Waals surface area contributed by atoms with Gasteiger partial charge in [-0.2, -0.15) is 15.4 Å². The van der Waals surface area contributed by atoms with Crippen molar-refractivity contribution in [1.82, 2.24) is 19.7 Å². The van der Waals surface area contributed by atoms with Crippen LogP contribution in [0.25, 0.3) is 5.52 Å². The zero-order valence-electron chi connectivity index (χ0n) is 29.8. The number of nitrogens with one attached hydrogen (secondary N) is 1. The number of carbonyl (C=O) groups is 3. The van der Waals surface area contributed by atoms with Crippen molar-refractivity contribution >= 4 is 37.0 Å². The summed E-state index contributed by atoms with van der Waals surface area (Å²) in [5.74, 6) is -3.06. The van der Waals surface area contributed by atoms with E-state index >= 15 is 0 Å². The smallest absolute Gasteiger partial charge is 0.459 e. The summed E-state index contributed by atoms with van der Waals surface area (Å²) in [6, 6.07) is 12.2. The van der Waals surface area contributed by atoms with Gasteiger partial charge < -0.3 is 29.2 Å². The Bertz CT molecular complexity index is 1830. The lowest BCUT2D eigenvalue weighted by Gasteiger charge is -2.31. The number of anilines is 1. The van der Waals surface area contributed by atoms with Crippen molar-refractivity contribution in [3.63, 3.8) is 0 Å². The van der Waals surface area contributed by atoms with Gasteiger partial charge in [-0.3, -0.25) is 18.9 Å². The first kappa shape index (κ1) is 38.7. The monoisotopic (exact) mass is 740 g/mol. The van der Waals surface area contributed by atoms with Gasteiger partial charge in [0.2, 0.25) is 5.60 Å². The molecule has 1 aliphatic heterocycles. The Hall–Kier alpha value is -4.55. The summed E-state index contributed by atoms with van der Waals surface area (Å²) in [6.07, 6.45) is 1.04. The van der Waals surface area contributed by atoms with Crippen LogP contribution in [-0.2, 0) is 42.4 Å². The molecule has 2 aromatic heterocycles. The number of benzene rings is 1. The maximum Gasteiger partial charge on any atom is 0.459 e. The third kappa shape index (κ3) is 8.73. The summed E-state index contributed by atoms with van der Waals surface area (Å²) in [4.78, 5) is 43.5. The molecule has 2 aliphatic rings. The molecule has 0 radical (unpaired) electrons. The molecule has 1 saturated carbocycles. The molecule has 280 valence electrons. The minimum absolute atomic E-state index is 0.130. The van der Waals surface area contributed by atoms with E-state index in [9.17, 15) is 24.2 Å². The summed E-state index contributed by atoms with van der Waals surface area (Å²) in [5.41, 5.74) is 4.51. The van der Waals surface area contributed by atoms with Crippen LogP contribution in [-0.4, -0.2) is 69.1 Å². The van der Waals surface area contributed by atoms with Gasteiger partial charge in [-0.05, 0) is 56.9 Å². The lowest BCUT2D eigenvalue weighted by atomic mass is 9.95. The molecule has 3 N–H and O–H groups in total. The first-order valence-corrected chi connectivity index (χ1v) is 18.9. The number of nitriles is 1. The van der Waals surface area contributed by atoms with E-state index < -0.39 is 74.1 Å². The number of esters is 3. The van der Waals surface area contributed by atoms with E-state index in [1.165, 1.54) is 29.9 Å². The van der Waals surface area contributed by atoms with Crippen LogP contribution in [0, 0.1) is 23.2 Å². The number of carbonyl (C=O) groups excluding carboxylic acids is 3. The number of ether oxygens (including phenoxy) is 4. The van der Waals surface area contributed by atoms with Crippen LogP contribution in [0.3, 0.4) is 0 Å². The fraction of sp³-hybridized carbons (Fsp3) is 0.543. The Kier molecular flexibility index (Phi) is 12.2. The second-order valence-corrected chi connectivity index (χ2v) is 15.2. The summed E-state index contributed by atoms with van der Waals surface area (Å²) in [7, 11) is -4.55. The molecule has 2 fully saturated rings. The molecule has 3 aromatic rings. The van der Waals surface area contributed by atoms with Gasteiger partial charge >= 0.3 is 25.7 Å². The van der Waals surface area contributed by atoms with Gasteiger partial charge in [0.25, 0.3) is 0 Å². The number of nitrogen functional groups attached to an aromatic ring is 1. The van der Waals surface area contributed by atoms with Gasteiger partial charge in [-0.15, -0.1) is 0 Å². The molecule has 0 unspecified atom stereocenters. The summed E-state index contributed by atoms with van der Waals surface area (Å²) >= 11 is 0. The lowest BCUT2D eigenvalue weighted by Crippen LogP contribution is -2.50. The van der Waals surface area contributed by atoms with Crippen LogP contribution < -0.4 is 15.3 Å². The zero-order chi connectivity index (χ0) is 37.6. The van der Waals surface area contributed by atoms with Gasteiger partial charge in [0, 0.05) is 0 Å². The zero-order valence-corrected chi connectivity index (χ0v) is 30.7. The molecule has 0 amide bonds. The van der Waals surface area contributed by atoms with E-state index in [1.54, 1.807) is 58.0 Å². The van der Waals surface area contributed by atoms with E-state index in [2.05, 4.69) is 15.2 Å². The lowest BCUT2D eigenvalue weighted by molar-refractivity contribution is -0.173. The predicted octanol–water partition coefficient (Wildman–Crippen LogP) is 4.84. The standard InChI is InChI=1S/C35H45N6O10P/c1-21(2)32(42)48-29-28(26-16-17-27-31(37)38-20-39-41(26)27)50-35(18-36,30(29)49-33(43)22(3)4)19-46-52(45,51-25-14-10-7-11-15-25)40-23(5)34(44)47-24-12-8-6-9-13-24/h7,10-11,14-17,20-24,28-30H,6,8-9,12-13,19H2,1-5H3,(H,40,45)(H2,37,38,39)/t23-,28-,29-,30-,35+,52-/m0/s1. The second kappa shape index (κ2) is 16.4. The number of nitrogens with zero attached hydrogens (tertiary/aromatic N) is 4. The molecule has 52 heavy (non-hydrogen) atoms. The minimum Gasteiger partial charge on any atom is -0.461 e. The van der Waals surface area contributed by atoms with Crippen LogP contribution in [0.15, 0.2) is 48.8 Å². The van der Waals surface area contributed by atoms with Crippen LogP contribution in [0.2, 0.25) is 0 Å². The Labute approximate surface area is 301 Å². The number of aromatic nitrogens is 3. The van der Waals surface area contributed by atoms with Crippen molar-refractivity contribution in [3.05, 3.63) is 54.5 Å². The molecule has 1 aliphatic carbocycles. The number of para-hydroxylation sites is 1. The third-order valence-electron chi connectivity index (χ3n) is 8.78. The fourth-order valence-corrected chi connectivity index (χ4v) is 7.41. The molecule has 1 saturated heterocycles. The van der Waals surface area contributed by atoms with Crippen molar-refractivity contribution in [1.29, 1.82) is 5.26 Å². The Balaban J connectivity index is 1.52. The highest BCUT2D eigenvalue weighted by atomic mass is 31.2. The van der Waals surface area contributed by atoms with E-state index in [0.29, 0.717) is 5.52 Å². The first-order valence-electron chi connectivity index (χ1n) is 17.3. The van der Waals surface area contributed by atoms with Gasteiger partial charge in [0.15, 0.2) is 18.0 Å². The Morgan fingerprint density at radius 3 is 2.33 bits per heavy atom. The number of rotatable bonds is 14. The van der Waals surface area contributed by atoms with Crippen LogP contribution in [0.4, 0.5) is 5.82 Å². The molecule has 5 rings (SSSR count). The highest BCUT2D eigenvalue weighted by molar-refractivity contribution is 7.52. The normalized spacial score (nSPS) is 23.8. The van der Waals surface area contributed by atoms with E-state index in [4.69, 9.17) is 33.7 Å². The molecule has 16 nitrogen and oxygen atoms in total. The maximum atomic E-state index is 14.6. The molecule has 1 aromatic carbocycles. The summed E-state index contributed by atoms with van der Waals surface area (Å²) in [5, 5.41) is 17.8. The number of hydrogen-bond acceptors (Lipinski definition) is 14. The molecule has 0 spiro atoms. The molecule has 3 heterocycles. The van der Waals surface area contributed by atoms with Crippen molar-refractivity contribution in [2.24, 2.45) is 11.8 Å². The van der Waals surface area contributed by atoms with Crippen LogP contribution >= 0.6 is 7.75 Å². The minimum atomic E-state index is -4.55. The molecule has 17 heteroatoms. The maximum absolute atomic E-state index is 14.6. The summed E-state index contributed by atoms with van der Waals surface area (Å²) < 4.78 is 51.7. The largest absolute Gasteiger partial charge is 0.461 e. The van der Waals surface area contributed by atoms with E-state index in [0.717, 1.165) is 32.1 Å². The van der Waals surface area contributed by atoms with E-state index in [1.807, 2.05) is 6.07 Å². The van der Waals surface area contributed by atoms with Crippen molar-refractivity contribution < 1.29 is 46.9 Å². The van der Waals surface area contributed by atoms with Gasteiger partial charge in [-0.25, -0.2) is 14.1 Å². The Morgan fingerprint density at radius 1 is 1.00 bits per heavy atom. The number of hydrogen-bond donors (Lipinski definition) is 2. The van der Waals surface area contributed by atoms with Crippen LogP contribution in [0.1, 0.15) is 78.5 Å². The molecule has 0 bridgehead atoms. The van der Waals surface area contributed by atoms with Gasteiger partial charge in [-0.1, -0.05) is 52.3 Å². The first-order chi connectivity index (χ1) is 24.8. The average molecular weight is 741 g/mol. The topological polar surface area (TPSA) is 216 Å². The molecule has 6 atom stereocenters. The van der Waals surface area contributed by atoms with Crippen molar-refractivity contribution in [2.75, 3.05) is 12.3 Å². The van der Waals surface area contributed by atoms with Gasteiger partial charge in [0.05, 0.1) is 17.5 Å². The highest BCUT2D eigenvalue weighted by Crippen LogP contribution is 2.50. The van der Waals surface area contributed by atoms with Gasteiger partial charge in [0.1, 0.15) is 48.5 Å². The third-order valence-corrected chi connectivity index (χ3v) is 10.4. The van der Waals surface area contributed by atoms with Crippen molar-refractivity contribution in [3.8, 4) is 11.8 Å². The number of nitrogens with two attached hydrogens (primary N) is 1. The quantitative estimate of drug-likeness (QED) is 0.128. The molecular formula is C35H45N6O10P. The Morgan fingerprint density at radius 2 is 1.67 bits per heavy atom. The molecular weight excluding hydrogens is 695 g/mol. The predicted molar refractivity (Wildman–Crippen MR) is 185 cm³/mol. The fourth-order valence-electron chi connectivity index (χ4n) is 5.89. The average Bonchev–Trinajstić information content (AvgIpc) is 3.68. The SMILES string of the molecule is CC(C)C(=O)O[C@H]1[C@H](c2ccc3c(N)ncnn23)O[C@](C#N)(CO[P@@](=O)(N[C@@H](C)C(=O)OC2CCCCC2)Oc2ccccc2)[C@H]1OC(=O)C(C)C. The summed E-state index contributed by atoms with van der Waals surface area (Å²) in [6.45, 7) is 7.04. The second-order valence-electron chi connectivity index (χ2n) is 13.5. The van der Waals surface area contributed by atoms with Crippen molar-refractivity contribution in [2.45, 2.75) is 103 Å². The number of fused-ring (bicyclic) bond motifs is 1. The highest BCUT2D eigenvalue weighted by Gasteiger charge is 2.62. The van der Waals surface area contributed by atoms with Crippen LogP contribution in [0.5, 0.6) is 5.75 Å². The van der Waals surface area contributed by atoms with E-state index in [-0.39, 0.29) is 23.4 Å².